The van der Waals surface area contributed by atoms with Gasteiger partial charge in [-0.1, -0.05) is 12.1 Å². The van der Waals surface area contributed by atoms with E-state index >= 15 is 0 Å². The van der Waals surface area contributed by atoms with Gasteiger partial charge in [0.05, 0.1) is 15.9 Å². The molecule has 3 aromatic rings. The molecule has 0 atom stereocenters. The van der Waals surface area contributed by atoms with E-state index in [1.807, 2.05) is 36.4 Å². The van der Waals surface area contributed by atoms with Gasteiger partial charge in [-0.25, -0.2) is 4.42 Å². The van der Waals surface area contributed by atoms with Gasteiger partial charge in [-0.05, 0) is 24.3 Å². The SMILES string of the molecule is O=[N+]([O-])c1ccc(-c2ccc3ccccc3[o+]2)cc1. The lowest BCUT2D eigenvalue weighted by Crippen LogP contribution is -1.87. The number of hydrogen-bond donors (Lipinski definition) is 0. The Morgan fingerprint density at radius 3 is 2.37 bits per heavy atom. The van der Waals surface area contributed by atoms with Gasteiger partial charge < -0.3 is 0 Å². The summed E-state index contributed by atoms with van der Waals surface area (Å²) in [4.78, 5) is 10.2. The van der Waals surface area contributed by atoms with Crippen molar-refractivity contribution >= 4 is 16.7 Å². The number of fused-ring (bicyclic) bond motifs is 1. The number of nitrogens with zero attached hydrogens (tertiary/aromatic N) is 1. The van der Waals surface area contributed by atoms with Crippen molar-refractivity contribution in [2.24, 2.45) is 0 Å². The Hall–Kier alpha value is -2.75. The summed E-state index contributed by atoms with van der Waals surface area (Å²) in [5.74, 6) is 0.689. The molecule has 0 saturated heterocycles. The molecule has 1 heterocycles. The third kappa shape index (κ3) is 2.15. The lowest BCUT2D eigenvalue weighted by molar-refractivity contribution is -0.384. The average Bonchev–Trinajstić information content (AvgIpc) is 2.47. The second kappa shape index (κ2) is 4.49. The summed E-state index contributed by atoms with van der Waals surface area (Å²) in [6.45, 7) is 0. The molecule has 0 amide bonds. The normalized spacial score (nSPS) is 10.5. The summed E-state index contributed by atoms with van der Waals surface area (Å²) in [6, 6.07) is 17.9. The first-order valence-corrected chi connectivity index (χ1v) is 5.81. The molecule has 0 radical (unpaired) electrons. The van der Waals surface area contributed by atoms with Crippen molar-refractivity contribution < 1.29 is 9.34 Å². The highest BCUT2D eigenvalue weighted by Crippen LogP contribution is 2.25. The number of benzene rings is 2. The fraction of sp³-hybridized carbons (Fsp3) is 0. The van der Waals surface area contributed by atoms with E-state index in [1.165, 1.54) is 12.1 Å². The van der Waals surface area contributed by atoms with Crippen LogP contribution in [0.4, 0.5) is 5.69 Å². The summed E-state index contributed by atoms with van der Waals surface area (Å²) in [5, 5.41) is 11.6. The Kier molecular flexibility index (Phi) is 2.68. The Morgan fingerprint density at radius 1 is 0.895 bits per heavy atom. The van der Waals surface area contributed by atoms with Crippen molar-refractivity contribution in [1.82, 2.24) is 0 Å². The van der Waals surface area contributed by atoms with Gasteiger partial charge in [-0.15, -0.1) is 0 Å². The van der Waals surface area contributed by atoms with Crippen LogP contribution < -0.4 is 0 Å². The summed E-state index contributed by atoms with van der Waals surface area (Å²) in [6.07, 6.45) is 0. The highest BCUT2D eigenvalue weighted by atomic mass is 16.6. The quantitative estimate of drug-likeness (QED) is 0.388. The van der Waals surface area contributed by atoms with Crippen LogP contribution in [0.5, 0.6) is 0 Å². The first-order valence-electron chi connectivity index (χ1n) is 5.81. The lowest BCUT2D eigenvalue weighted by Gasteiger charge is -1.93. The molecule has 4 heteroatoms. The first-order chi connectivity index (χ1) is 9.24. The zero-order chi connectivity index (χ0) is 13.2. The smallest absolute Gasteiger partial charge is 0.258 e. The molecule has 1 aromatic heterocycles. The van der Waals surface area contributed by atoms with Gasteiger partial charge >= 0.3 is 11.3 Å². The predicted octanol–water partition coefficient (Wildman–Crippen LogP) is 4.29. The maximum atomic E-state index is 10.6. The second-order valence-corrected chi connectivity index (χ2v) is 4.14. The molecule has 0 unspecified atom stereocenters. The molecule has 0 spiro atoms. The minimum atomic E-state index is -0.415. The fourth-order valence-corrected chi connectivity index (χ4v) is 1.93. The summed E-state index contributed by atoms with van der Waals surface area (Å²) >= 11 is 0. The number of non-ortho nitro benzene ring substituents is 1. The van der Waals surface area contributed by atoms with E-state index in [0.717, 1.165) is 16.5 Å². The van der Waals surface area contributed by atoms with Crippen LogP contribution in [0, 0.1) is 10.1 Å². The molecule has 92 valence electrons. The monoisotopic (exact) mass is 252 g/mol. The topological polar surface area (TPSA) is 54.4 Å². The molecule has 0 N–H and O–H groups in total. The van der Waals surface area contributed by atoms with Crippen LogP contribution in [0.2, 0.25) is 0 Å². The Morgan fingerprint density at radius 2 is 1.63 bits per heavy atom. The number of rotatable bonds is 2. The summed E-state index contributed by atoms with van der Waals surface area (Å²) in [5.41, 5.74) is 1.68. The van der Waals surface area contributed by atoms with Gasteiger partial charge in [0, 0.05) is 24.3 Å². The van der Waals surface area contributed by atoms with Gasteiger partial charge in [0.2, 0.25) is 0 Å². The van der Waals surface area contributed by atoms with E-state index in [-0.39, 0.29) is 5.69 Å². The molecule has 0 aliphatic rings. The molecule has 4 nitrogen and oxygen atoms in total. The number of para-hydroxylation sites is 1. The minimum Gasteiger partial charge on any atom is -0.258 e. The Bertz CT molecular complexity index is 751. The van der Waals surface area contributed by atoms with Crippen molar-refractivity contribution in [3.63, 3.8) is 0 Å². The molecular formula is C15H10NO3+. The average molecular weight is 252 g/mol. The van der Waals surface area contributed by atoms with Gasteiger partial charge in [0.25, 0.3) is 5.69 Å². The minimum absolute atomic E-state index is 0.0736. The fourth-order valence-electron chi connectivity index (χ4n) is 1.93. The van der Waals surface area contributed by atoms with Crippen molar-refractivity contribution in [2.45, 2.75) is 0 Å². The molecule has 0 aliphatic carbocycles. The number of nitro groups is 1. The van der Waals surface area contributed by atoms with Gasteiger partial charge in [0.15, 0.2) is 0 Å². The van der Waals surface area contributed by atoms with E-state index < -0.39 is 4.92 Å². The standard InChI is InChI=1S/C15H10NO3/c17-16(18)13-8-5-12(6-9-13)15-10-7-11-3-1-2-4-14(11)19-15/h1-10H/q+1. The molecule has 0 fully saturated rings. The van der Waals surface area contributed by atoms with Crippen LogP contribution in [-0.2, 0) is 0 Å². The second-order valence-electron chi connectivity index (χ2n) is 4.14. The van der Waals surface area contributed by atoms with Crippen LogP contribution in [0.1, 0.15) is 0 Å². The van der Waals surface area contributed by atoms with Crippen LogP contribution in [0.15, 0.2) is 65.1 Å². The first kappa shape index (κ1) is 11.3. The van der Waals surface area contributed by atoms with Crippen molar-refractivity contribution in [1.29, 1.82) is 0 Å². The predicted molar refractivity (Wildman–Crippen MR) is 72.7 cm³/mol. The van der Waals surface area contributed by atoms with Crippen LogP contribution >= 0.6 is 0 Å². The van der Waals surface area contributed by atoms with Gasteiger partial charge in [-0.2, -0.15) is 0 Å². The van der Waals surface area contributed by atoms with E-state index in [2.05, 4.69) is 0 Å². The van der Waals surface area contributed by atoms with Crippen LogP contribution in [0.3, 0.4) is 0 Å². The Balaban J connectivity index is 2.06. The molecule has 3 rings (SSSR count). The van der Waals surface area contributed by atoms with E-state index in [4.69, 9.17) is 4.42 Å². The van der Waals surface area contributed by atoms with Crippen LogP contribution in [-0.4, -0.2) is 4.92 Å². The third-order valence-corrected chi connectivity index (χ3v) is 2.92. The van der Waals surface area contributed by atoms with E-state index in [0.29, 0.717) is 5.76 Å². The van der Waals surface area contributed by atoms with Crippen molar-refractivity contribution in [2.75, 3.05) is 0 Å². The lowest BCUT2D eigenvalue weighted by atomic mass is 10.1. The summed E-state index contributed by atoms with van der Waals surface area (Å²) < 4.78 is 5.78. The number of hydrogen-bond acceptors (Lipinski definition) is 2. The zero-order valence-electron chi connectivity index (χ0n) is 9.95. The van der Waals surface area contributed by atoms with Crippen LogP contribution in [0.25, 0.3) is 22.3 Å². The van der Waals surface area contributed by atoms with Crippen molar-refractivity contribution in [3.05, 3.63) is 70.8 Å². The highest BCUT2D eigenvalue weighted by molar-refractivity contribution is 5.78. The maximum absolute atomic E-state index is 10.6. The molecule has 0 bridgehead atoms. The molecule has 2 aromatic carbocycles. The molecule has 0 saturated carbocycles. The van der Waals surface area contributed by atoms with Gasteiger partial charge in [-0.3, -0.25) is 10.1 Å². The maximum Gasteiger partial charge on any atom is 0.360 e. The molecular weight excluding hydrogens is 242 g/mol. The molecule has 0 aliphatic heterocycles. The van der Waals surface area contributed by atoms with Crippen molar-refractivity contribution in [3.8, 4) is 11.3 Å². The van der Waals surface area contributed by atoms with E-state index in [1.54, 1.807) is 12.1 Å². The summed E-state index contributed by atoms with van der Waals surface area (Å²) in [7, 11) is 0. The Labute approximate surface area is 109 Å². The number of nitro benzene ring substituents is 1. The molecule has 19 heavy (non-hydrogen) atoms. The largest absolute Gasteiger partial charge is 0.360 e. The zero-order valence-corrected chi connectivity index (χ0v) is 9.95. The third-order valence-electron chi connectivity index (χ3n) is 2.92. The van der Waals surface area contributed by atoms with Gasteiger partial charge in [0.1, 0.15) is 0 Å². The van der Waals surface area contributed by atoms with E-state index in [9.17, 15) is 10.1 Å². The highest BCUT2D eigenvalue weighted by Gasteiger charge is 2.15.